The van der Waals surface area contributed by atoms with Crippen molar-refractivity contribution in [1.82, 2.24) is 4.90 Å². The highest BCUT2D eigenvalue weighted by Gasteiger charge is 2.48. The van der Waals surface area contributed by atoms with Crippen LogP contribution in [-0.2, 0) is 27.4 Å². The van der Waals surface area contributed by atoms with E-state index in [4.69, 9.17) is 14.2 Å². The molecule has 1 saturated carbocycles. The Hall–Kier alpha value is -1.72. The third-order valence-electron chi connectivity index (χ3n) is 8.11. The number of nitrogens with zero attached hydrogens (tertiary/aromatic N) is 1. The highest BCUT2D eigenvalue weighted by atomic mass is 16.6. The predicted octanol–water partition coefficient (Wildman–Crippen LogP) is 8.19. The molecular weight excluding hydrogens is 470 g/mol. The standard InChI is InChI=1S/C34H53NO3/c1-5-7-9-10-18-24-36-34-32(38-27-30-22-16-12-17-23-30)25-31(37-26-29-20-14-11-15-21-29)33(34)35(4)28(3)19-13-8-6-2/h11-12,14-17,20-23,28,31-34H,5-10,13,18-19,24-27H2,1-4H3/t28?,31-,32+,33+,34+/m1/s1. The molecule has 212 valence electrons. The molecule has 0 radical (unpaired) electrons. The molecule has 4 nitrogen and oxygen atoms in total. The summed E-state index contributed by atoms with van der Waals surface area (Å²) in [5.74, 6) is 0. The Morgan fingerprint density at radius 2 is 1.26 bits per heavy atom. The summed E-state index contributed by atoms with van der Waals surface area (Å²) in [5, 5.41) is 0. The van der Waals surface area contributed by atoms with Crippen LogP contribution in [0.15, 0.2) is 60.7 Å². The minimum Gasteiger partial charge on any atom is -0.374 e. The predicted molar refractivity (Wildman–Crippen MR) is 158 cm³/mol. The monoisotopic (exact) mass is 523 g/mol. The summed E-state index contributed by atoms with van der Waals surface area (Å²) < 4.78 is 20.0. The van der Waals surface area contributed by atoms with Gasteiger partial charge in [0.2, 0.25) is 0 Å². The number of ether oxygens (including phenoxy) is 3. The maximum Gasteiger partial charge on any atom is 0.102 e. The Kier molecular flexibility index (Phi) is 14.4. The Morgan fingerprint density at radius 3 is 1.87 bits per heavy atom. The van der Waals surface area contributed by atoms with Crippen LogP contribution in [0.1, 0.15) is 96.1 Å². The first-order chi connectivity index (χ1) is 18.6. The first kappa shape index (κ1) is 30.8. The van der Waals surface area contributed by atoms with Crippen LogP contribution in [0, 0.1) is 0 Å². The number of rotatable bonds is 19. The van der Waals surface area contributed by atoms with Crippen molar-refractivity contribution in [2.45, 2.75) is 129 Å². The third-order valence-corrected chi connectivity index (χ3v) is 8.11. The Balaban J connectivity index is 1.74. The van der Waals surface area contributed by atoms with Crippen molar-refractivity contribution in [3.05, 3.63) is 71.8 Å². The average Bonchev–Trinajstić information content (AvgIpc) is 3.30. The van der Waals surface area contributed by atoms with Gasteiger partial charge in [-0.25, -0.2) is 0 Å². The van der Waals surface area contributed by atoms with Gasteiger partial charge in [-0.2, -0.15) is 0 Å². The second-order valence-electron chi connectivity index (χ2n) is 11.2. The second-order valence-corrected chi connectivity index (χ2v) is 11.2. The molecule has 0 bridgehead atoms. The first-order valence-corrected chi connectivity index (χ1v) is 15.3. The molecule has 0 aliphatic heterocycles. The fourth-order valence-electron chi connectivity index (χ4n) is 5.63. The molecule has 0 heterocycles. The normalized spacial score (nSPS) is 22.2. The first-order valence-electron chi connectivity index (χ1n) is 15.3. The van der Waals surface area contributed by atoms with E-state index in [0.717, 1.165) is 19.4 Å². The molecule has 0 spiro atoms. The second kappa shape index (κ2) is 17.8. The summed E-state index contributed by atoms with van der Waals surface area (Å²) in [6.45, 7) is 8.92. The van der Waals surface area contributed by atoms with Crippen molar-refractivity contribution in [3.63, 3.8) is 0 Å². The van der Waals surface area contributed by atoms with E-state index in [0.29, 0.717) is 19.3 Å². The summed E-state index contributed by atoms with van der Waals surface area (Å²) in [6.07, 6.45) is 12.2. The van der Waals surface area contributed by atoms with E-state index in [1.807, 2.05) is 0 Å². The SMILES string of the molecule is CCCCCCCO[C@@H]1[C@@H](N(C)C(C)CCCCC)[C@H](OCc2ccccc2)C[C@@H]1OCc1ccccc1. The van der Waals surface area contributed by atoms with Crippen LogP contribution >= 0.6 is 0 Å². The summed E-state index contributed by atoms with van der Waals surface area (Å²) in [5.41, 5.74) is 2.42. The largest absolute Gasteiger partial charge is 0.374 e. The molecule has 4 heteroatoms. The van der Waals surface area contributed by atoms with Crippen LogP contribution in [0.4, 0.5) is 0 Å². The molecule has 1 unspecified atom stereocenters. The van der Waals surface area contributed by atoms with Gasteiger partial charge in [0.1, 0.15) is 6.10 Å². The zero-order chi connectivity index (χ0) is 27.0. The molecule has 0 amide bonds. The van der Waals surface area contributed by atoms with E-state index < -0.39 is 0 Å². The lowest BCUT2D eigenvalue weighted by molar-refractivity contribution is -0.0951. The van der Waals surface area contributed by atoms with Crippen LogP contribution < -0.4 is 0 Å². The van der Waals surface area contributed by atoms with Crippen LogP contribution in [-0.4, -0.2) is 49.0 Å². The third kappa shape index (κ3) is 10.1. The fraction of sp³-hybridized carbons (Fsp3) is 0.647. The summed E-state index contributed by atoms with van der Waals surface area (Å²) in [6, 6.07) is 21.7. The van der Waals surface area contributed by atoms with Crippen molar-refractivity contribution in [2.24, 2.45) is 0 Å². The molecule has 0 saturated heterocycles. The minimum atomic E-state index is 0.00397. The minimum absolute atomic E-state index is 0.00397. The topological polar surface area (TPSA) is 30.9 Å². The molecule has 2 aromatic carbocycles. The van der Waals surface area contributed by atoms with Crippen molar-refractivity contribution >= 4 is 0 Å². The van der Waals surface area contributed by atoms with Crippen LogP contribution in [0.3, 0.4) is 0 Å². The van der Waals surface area contributed by atoms with Crippen molar-refractivity contribution < 1.29 is 14.2 Å². The van der Waals surface area contributed by atoms with E-state index in [9.17, 15) is 0 Å². The molecule has 1 aliphatic rings. The number of benzene rings is 2. The van der Waals surface area contributed by atoms with Gasteiger partial charge in [0, 0.05) is 19.1 Å². The molecular formula is C34H53NO3. The highest BCUT2D eigenvalue weighted by molar-refractivity contribution is 5.15. The van der Waals surface area contributed by atoms with Gasteiger partial charge < -0.3 is 14.2 Å². The van der Waals surface area contributed by atoms with E-state index in [-0.39, 0.29) is 24.4 Å². The molecule has 3 rings (SSSR count). The van der Waals surface area contributed by atoms with E-state index >= 15 is 0 Å². The van der Waals surface area contributed by atoms with Gasteiger partial charge in [-0.15, -0.1) is 0 Å². The molecule has 2 aromatic rings. The molecule has 1 fully saturated rings. The van der Waals surface area contributed by atoms with Gasteiger partial charge in [-0.05, 0) is 37.9 Å². The molecule has 1 aliphatic carbocycles. The van der Waals surface area contributed by atoms with Crippen LogP contribution in [0.25, 0.3) is 0 Å². The van der Waals surface area contributed by atoms with Gasteiger partial charge in [0.15, 0.2) is 0 Å². The number of hydrogen-bond donors (Lipinski definition) is 0. The summed E-state index contributed by atoms with van der Waals surface area (Å²) in [7, 11) is 2.28. The van der Waals surface area contributed by atoms with Gasteiger partial charge >= 0.3 is 0 Å². The van der Waals surface area contributed by atoms with Crippen LogP contribution in [0.5, 0.6) is 0 Å². The van der Waals surface area contributed by atoms with E-state index in [1.54, 1.807) is 0 Å². The lowest BCUT2D eigenvalue weighted by atomic mass is 10.0. The smallest absolute Gasteiger partial charge is 0.102 e. The summed E-state index contributed by atoms with van der Waals surface area (Å²) in [4.78, 5) is 2.54. The Bertz CT molecular complexity index is 845. The lowest BCUT2D eigenvalue weighted by Crippen LogP contribution is -2.51. The maximum absolute atomic E-state index is 6.73. The summed E-state index contributed by atoms with van der Waals surface area (Å²) >= 11 is 0. The number of unbranched alkanes of at least 4 members (excludes halogenated alkanes) is 6. The van der Waals surface area contributed by atoms with Gasteiger partial charge in [-0.3, -0.25) is 4.90 Å². The zero-order valence-electron chi connectivity index (χ0n) is 24.5. The van der Waals surface area contributed by atoms with Gasteiger partial charge in [0.25, 0.3) is 0 Å². The van der Waals surface area contributed by atoms with Crippen molar-refractivity contribution in [3.8, 4) is 0 Å². The average molecular weight is 524 g/mol. The number of hydrogen-bond acceptors (Lipinski definition) is 4. The maximum atomic E-state index is 6.73. The molecule has 0 aromatic heterocycles. The fourth-order valence-corrected chi connectivity index (χ4v) is 5.63. The molecule has 0 N–H and O–H groups in total. The highest BCUT2D eigenvalue weighted by Crippen LogP contribution is 2.34. The van der Waals surface area contributed by atoms with E-state index in [1.165, 1.54) is 62.5 Å². The van der Waals surface area contributed by atoms with Crippen LogP contribution in [0.2, 0.25) is 0 Å². The van der Waals surface area contributed by atoms with E-state index in [2.05, 4.69) is 93.4 Å². The number of likely N-dealkylation sites (N-methyl/N-ethyl adjacent to an activating group) is 1. The van der Waals surface area contributed by atoms with Crippen molar-refractivity contribution in [2.75, 3.05) is 13.7 Å². The molecule has 5 atom stereocenters. The molecule has 38 heavy (non-hydrogen) atoms. The Labute approximate surface area is 233 Å². The quantitative estimate of drug-likeness (QED) is 0.174. The Morgan fingerprint density at radius 1 is 0.711 bits per heavy atom. The zero-order valence-corrected chi connectivity index (χ0v) is 24.5. The van der Waals surface area contributed by atoms with Crippen molar-refractivity contribution in [1.29, 1.82) is 0 Å². The lowest BCUT2D eigenvalue weighted by Gasteiger charge is -2.38. The van der Waals surface area contributed by atoms with Gasteiger partial charge in [-0.1, -0.05) is 119 Å². The van der Waals surface area contributed by atoms with Gasteiger partial charge in [0.05, 0.1) is 31.5 Å².